The third-order valence-electron chi connectivity index (χ3n) is 13.0. The number of nitrogens with zero attached hydrogens (tertiary/aromatic N) is 1. The van der Waals surface area contributed by atoms with Crippen molar-refractivity contribution in [3.63, 3.8) is 0 Å². The molecule has 0 unspecified atom stereocenters. The first-order valence-electron chi connectivity index (χ1n) is 25.9. The van der Waals surface area contributed by atoms with Crippen LogP contribution in [0.25, 0.3) is 0 Å². The maximum absolute atomic E-state index is 14.3. The lowest BCUT2D eigenvalue weighted by Gasteiger charge is -2.31. The molecule has 0 aromatic heterocycles. The third kappa shape index (κ3) is 22.6. The number of aromatic hydroxyl groups is 1. The van der Waals surface area contributed by atoms with Crippen LogP contribution in [0.4, 0.5) is 0 Å². The summed E-state index contributed by atoms with van der Waals surface area (Å²) in [6, 6.07) is -7.35. The number of fused-ring (bicyclic) bond motifs is 1. The normalized spacial score (nSPS) is 23.8. The van der Waals surface area contributed by atoms with Gasteiger partial charge in [-0.3, -0.25) is 57.5 Å². The molecule has 1 aromatic rings. The Kier molecular flexibility index (Phi) is 26.6. The second kappa shape index (κ2) is 32.1. The molecule has 0 radical (unpaired) electrons. The van der Waals surface area contributed by atoms with E-state index in [0.717, 1.165) is 49.8 Å². The number of phenols is 1. The maximum atomic E-state index is 14.3. The molecule has 2 aliphatic heterocycles. The first-order valence-corrected chi connectivity index (χ1v) is 25.9. The fourth-order valence-corrected chi connectivity index (χ4v) is 8.91. The van der Waals surface area contributed by atoms with Gasteiger partial charge in [0.15, 0.2) is 0 Å². The lowest BCUT2D eigenvalue weighted by Crippen LogP contribution is -2.60. The predicted molar refractivity (Wildman–Crippen MR) is 273 cm³/mol. The SMILES string of the molecule is CC(C)CCCCCCCCCC[C@H]1CC(=O)N[C@@H](CC(N)=O)C(=O)N[C@H](Cc2ccc(O)cc2)C(=O)N[C@H](CC(N)=O)C(=O)N[C@@H](CCC(N)=O)C(=O)N2CCC[C@H]2C(=O)N[C@H](CC(N)=O)C(=O)N[C@@H](CO)C(=O)N1. The van der Waals surface area contributed by atoms with Gasteiger partial charge in [-0.05, 0) is 49.3 Å². The number of amides is 12. The van der Waals surface area contributed by atoms with E-state index < -0.39 is 164 Å². The van der Waals surface area contributed by atoms with E-state index in [1.807, 2.05) is 0 Å². The molecule has 76 heavy (non-hydrogen) atoms. The van der Waals surface area contributed by atoms with Gasteiger partial charge in [0.25, 0.3) is 0 Å². The van der Waals surface area contributed by atoms with E-state index >= 15 is 0 Å². The molecule has 8 atom stereocenters. The lowest BCUT2D eigenvalue weighted by molar-refractivity contribution is -0.143. The first kappa shape index (κ1) is 62.9. The van der Waals surface area contributed by atoms with E-state index in [9.17, 15) is 67.7 Å². The van der Waals surface area contributed by atoms with Crippen LogP contribution in [0.3, 0.4) is 0 Å². The standard InChI is InChI=1S/C50H78N12O14/c1-28(2)12-9-7-5-3-4-6-8-10-13-30-23-43(69)56-34(24-40(52)66)45(71)58-33(22-29-15-17-31(64)18-16-29)44(70)59-35(25-41(53)67)46(72)57-32(19-20-39(51)65)50(76)62-21-11-14-38(62)49(75)60-36(26-42(54)68)47(73)61-37(27-63)48(74)55-30/h15-18,28,30,32-38,63-64H,3-14,19-27H2,1-2H3,(H2,51,65)(H2,52,66)(H2,53,67)(H2,54,68)(H,55,74)(H,56,69)(H,57,72)(H,58,71)(H,59,70)(H,60,75)(H,61,73)/t30-,32-,33+,34-,35+,36+,37-,38-/m0/s1. The van der Waals surface area contributed by atoms with E-state index in [4.69, 9.17) is 22.9 Å². The molecule has 3 rings (SSSR count). The molecule has 0 saturated carbocycles. The lowest BCUT2D eigenvalue weighted by atomic mass is 10.0. The Morgan fingerprint density at radius 2 is 1.03 bits per heavy atom. The number of aliphatic hydroxyl groups is 1. The average molecular weight is 1070 g/mol. The molecule has 2 saturated heterocycles. The van der Waals surface area contributed by atoms with E-state index in [-0.39, 0.29) is 38.0 Å². The number of aliphatic hydroxyl groups excluding tert-OH is 1. The highest BCUT2D eigenvalue weighted by Gasteiger charge is 2.41. The van der Waals surface area contributed by atoms with E-state index in [0.29, 0.717) is 24.3 Å². The monoisotopic (exact) mass is 1070 g/mol. The van der Waals surface area contributed by atoms with Crippen LogP contribution in [0.15, 0.2) is 24.3 Å². The minimum absolute atomic E-state index is 0.00282. The van der Waals surface area contributed by atoms with Gasteiger partial charge in [0.2, 0.25) is 70.9 Å². The molecule has 12 amide bonds. The molecule has 2 aliphatic rings. The highest BCUT2D eigenvalue weighted by atomic mass is 16.3. The number of carbonyl (C=O) groups is 12. The number of rotatable bonds is 23. The Morgan fingerprint density at radius 1 is 0.566 bits per heavy atom. The van der Waals surface area contributed by atoms with Crippen molar-refractivity contribution in [1.29, 1.82) is 0 Å². The molecule has 1 aromatic carbocycles. The van der Waals surface area contributed by atoms with Gasteiger partial charge in [0.1, 0.15) is 48.0 Å². The van der Waals surface area contributed by atoms with Gasteiger partial charge in [0.05, 0.1) is 25.9 Å². The molecular formula is C50H78N12O14. The van der Waals surface area contributed by atoms with Gasteiger partial charge < -0.3 is 75.3 Å². The van der Waals surface area contributed by atoms with Crippen molar-refractivity contribution >= 4 is 70.9 Å². The summed E-state index contributed by atoms with van der Waals surface area (Å²) in [5, 5.41) is 37.3. The number of phenolic OH excluding ortho intramolecular Hbond substituents is 1. The second-order valence-electron chi connectivity index (χ2n) is 19.9. The van der Waals surface area contributed by atoms with Gasteiger partial charge in [-0.25, -0.2) is 0 Å². The summed E-state index contributed by atoms with van der Waals surface area (Å²) < 4.78 is 0. The molecule has 2 heterocycles. The fourth-order valence-electron chi connectivity index (χ4n) is 8.91. The molecule has 422 valence electrons. The van der Waals surface area contributed by atoms with Crippen LogP contribution in [0, 0.1) is 5.92 Å². The largest absolute Gasteiger partial charge is 0.508 e. The smallest absolute Gasteiger partial charge is 0.245 e. The Morgan fingerprint density at radius 3 is 1.55 bits per heavy atom. The van der Waals surface area contributed by atoms with E-state index in [1.165, 1.54) is 24.3 Å². The maximum Gasteiger partial charge on any atom is 0.245 e. The number of carbonyl (C=O) groups excluding carboxylic acids is 12. The van der Waals surface area contributed by atoms with Crippen molar-refractivity contribution in [3.05, 3.63) is 29.8 Å². The van der Waals surface area contributed by atoms with Gasteiger partial charge >= 0.3 is 0 Å². The summed E-state index contributed by atoms with van der Waals surface area (Å²) in [6.45, 7) is 3.27. The van der Waals surface area contributed by atoms with E-state index in [2.05, 4.69) is 51.1 Å². The van der Waals surface area contributed by atoms with Crippen LogP contribution in [0.2, 0.25) is 0 Å². The second-order valence-corrected chi connectivity index (χ2v) is 19.9. The van der Waals surface area contributed by atoms with Crippen LogP contribution in [-0.4, -0.2) is 147 Å². The number of hydrogen-bond donors (Lipinski definition) is 13. The number of unbranched alkanes of at least 4 members (excludes halogenated alkanes) is 7. The van der Waals surface area contributed by atoms with Crippen LogP contribution < -0.4 is 60.2 Å². The molecule has 26 nitrogen and oxygen atoms in total. The zero-order valence-corrected chi connectivity index (χ0v) is 43.4. The average Bonchev–Trinajstić information content (AvgIpc) is 3.84. The van der Waals surface area contributed by atoms with Crippen molar-refractivity contribution in [2.45, 2.75) is 184 Å². The minimum Gasteiger partial charge on any atom is -0.508 e. The van der Waals surface area contributed by atoms with Crippen molar-refractivity contribution in [3.8, 4) is 5.75 Å². The third-order valence-corrected chi connectivity index (χ3v) is 13.0. The molecular weight excluding hydrogens is 993 g/mol. The van der Waals surface area contributed by atoms with Gasteiger partial charge in [0, 0.05) is 31.8 Å². The summed E-state index contributed by atoms with van der Waals surface area (Å²) in [5.74, 6) is -12.0. The summed E-state index contributed by atoms with van der Waals surface area (Å²) in [5.41, 5.74) is 22.2. The van der Waals surface area contributed by atoms with Gasteiger partial charge in [-0.15, -0.1) is 0 Å². The Balaban J connectivity index is 2.10. The number of nitrogens with two attached hydrogens (primary N) is 4. The van der Waals surface area contributed by atoms with Gasteiger partial charge in [-0.1, -0.05) is 83.8 Å². The van der Waals surface area contributed by atoms with E-state index in [1.54, 1.807) is 0 Å². The van der Waals surface area contributed by atoms with Crippen LogP contribution >= 0.6 is 0 Å². The predicted octanol–water partition coefficient (Wildman–Crippen LogP) is -2.84. The highest BCUT2D eigenvalue weighted by Crippen LogP contribution is 2.21. The first-order chi connectivity index (χ1) is 36.0. The highest BCUT2D eigenvalue weighted by molar-refractivity contribution is 6.00. The van der Waals surface area contributed by atoms with Crippen LogP contribution in [0.5, 0.6) is 5.75 Å². The molecule has 2 fully saturated rings. The Hall–Kier alpha value is -7.38. The van der Waals surface area contributed by atoms with Crippen molar-refractivity contribution in [2.24, 2.45) is 28.9 Å². The summed E-state index contributed by atoms with van der Waals surface area (Å²) in [6.07, 6.45) is 4.63. The quantitative estimate of drug-likeness (QED) is 0.0492. The minimum atomic E-state index is -1.86. The van der Waals surface area contributed by atoms with Crippen LogP contribution in [-0.2, 0) is 64.0 Å². The molecule has 26 heteroatoms. The number of hydrogen-bond acceptors (Lipinski definition) is 14. The summed E-state index contributed by atoms with van der Waals surface area (Å²) in [7, 11) is 0. The Labute approximate surface area is 441 Å². The van der Waals surface area contributed by atoms with Gasteiger partial charge in [-0.2, -0.15) is 0 Å². The van der Waals surface area contributed by atoms with Crippen molar-refractivity contribution in [2.75, 3.05) is 13.2 Å². The fraction of sp³-hybridized carbons (Fsp3) is 0.640. The topological polar surface area (TPSA) is 437 Å². The molecule has 0 spiro atoms. The number of nitrogens with one attached hydrogen (secondary N) is 7. The van der Waals surface area contributed by atoms with Crippen molar-refractivity contribution in [1.82, 2.24) is 42.1 Å². The Bertz CT molecular complexity index is 2210. The zero-order chi connectivity index (χ0) is 56.5. The van der Waals surface area contributed by atoms with Crippen LogP contribution in [0.1, 0.15) is 135 Å². The summed E-state index contributed by atoms with van der Waals surface area (Å²) in [4.78, 5) is 162. The molecule has 17 N–H and O–H groups in total. The van der Waals surface area contributed by atoms with Crippen molar-refractivity contribution < 1.29 is 67.7 Å². The number of primary amides is 4. The summed E-state index contributed by atoms with van der Waals surface area (Å²) >= 11 is 0. The molecule has 0 bridgehead atoms. The number of benzene rings is 1. The molecule has 0 aliphatic carbocycles. The zero-order valence-electron chi connectivity index (χ0n) is 43.4.